The average Bonchev–Trinajstić information content (AvgIpc) is 2.37. The SMILES string of the molecule is CCC(C)(C)N(C)S(=O)(=O)c1cc(CN)c(Cl)cc1Cl. The lowest BCUT2D eigenvalue weighted by Gasteiger charge is -2.34. The van der Waals surface area contributed by atoms with Crippen LogP contribution in [0.3, 0.4) is 0 Å². The van der Waals surface area contributed by atoms with Gasteiger partial charge in [-0.15, -0.1) is 0 Å². The van der Waals surface area contributed by atoms with Gasteiger partial charge >= 0.3 is 0 Å². The van der Waals surface area contributed by atoms with Crippen molar-refractivity contribution in [1.29, 1.82) is 0 Å². The number of benzene rings is 1. The third kappa shape index (κ3) is 3.28. The number of nitrogens with two attached hydrogens (primary N) is 1. The van der Waals surface area contributed by atoms with Crippen molar-refractivity contribution < 1.29 is 8.42 Å². The Hall–Kier alpha value is -0.330. The summed E-state index contributed by atoms with van der Waals surface area (Å²) >= 11 is 12.0. The lowest BCUT2D eigenvalue weighted by atomic mass is 10.0. The molecule has 1 rings (SSSR count). The second-order valence-electron chi connectivity index (χ2n) is 5.22. The van der Waals surface area contributed by atoms with Crippen LogP contribution in [-0.4, -0.2) is 25.3 Å². The first-order valence-corrected chi connectivity index (χ1v) is 8.44. The molecule has 2 N–H and O–H groups in total. The molecule has 0 saturated carbocycles. The highest BCUT2D eigenvalue weighted by molar-refractivity contribution is 7.89. The molecule has 4 nitrogen and oxygen atoms in total. The van der Waals surface area contributed by atoms with Crippen molar-refractivity contribution in [2.24, 2.45) is 5.73 Å². The van der Waals surface area contributed by atoms with E-state index in [1.54, 1.807) is 7.05 Å². The maximum atomic E-state index is 12.7. The summed E-state index contributed by atoms with van der Waals surface area (Å²) in [5.41, 5.74) is 5.61. The van der Waals surface area contributed by atoms with E-state index in [0.717, 1.165) is 0 Å². The highest BCUT2D eigenvalue weighted by atomic mass is 35.5. The largest absolute Gasteiger partial charge is 0.326 e. The molecule has 0 amide bonds. The molecule has 0 bridgehead atoms. The monoisotopic (exact) mass is 338 g/mol. The minimum Gasteiger partial charge on any atom is -0.326 e. The van der Waals surface area contributed by atoms with Gasteiger partial charge < -0.3 is 5.73 Å². The van der Waals surface area contributed by atoms with Gasteiger partial charge in [-0.3, -0.25) is 0 Å². The third-order valence-corrected chi connectivity index (χ3v) is 6.56. The standard InChI is InChI=1S/C13H20Cl2N2O2S/c1-5-13(2,3)17(4)20(18,19)12-6-9(8-16)10(14)7-11(12)15/h6-7H,5,8,16H2,1-4H3. The first-order valence-electron chi connectivity index (χ1n) is 6.25. The highest BCUT2D eigenvalue weighted by Crippen LogP contribution is 2.33. The van der Waals surface area contributed by atoms with Crippen molar-refractivity contribution in [1.82, 2.24) is 4.31 Å². The summed E-state index contributed by atoms with van der Waals surface area (Å²) in [6, 6.07) is 2.87. The summed E-state index contributed by atoms with van der Waals surface area (Å²) < 4.78 is 26.7. The predicted molar refractivity (Wildman–Crippen MR) is 83.7 cm³/mol. The maximum absolute atomic E-state index is 12.7. The Morgan fingerprint density at radius 2 is 1.80 bits per heavy atom. The molecule has 0 aliphatic heterocycles. The van der Waals surface area contributed by atoms with E-state index in [1.807, 2.05) is 20.8 Å². The first kappa shape index (κ1) is 17.7. The van der Waals surface area contributed by atoms with Gasteiger partial charge in [0.25, 0.3) is 0 Å². The maximum Gasteiger partial charge on any atom is 0.244 e. The van der Waals surface area contributed by atoms with Crippen LogP contribution in [0.15, 0.2) is 17.0 Å². The number of nitrogens with zero attached hydrogens (tertiary/aromatic N) is 1. The molecule has 0 aliphatic rings. The van der Waals surface area contributed by atoms with Gasteiger partial charge in [0.15, 0.2) is 0 Å². The van der Waals surface area contributed by atoms with Crippen LogP contribution in [0.5, 0.6) is 0 Å². The van der Waals surface area contributed by atoms with Crippen LogP contribution in [0.25, 0.3) is 0 Å². The van der Waals surface area contributed by atoms with Gasteiger partial charge in [-0.25, -0.2) is 8.42 Å². The van der Waals surface area contributed by atoms with Crippen molar-refractivity contribution in [3.8, 4) is 0 Å². The van der Waals surface area contributed by atoms with E-state index in [1.165, 1.54) is 16.4 Å². The molecule has 0 fully saturated rings. The van der Waals surface area contributed by atoms with E-state index in [-0.39, 0.29) is 16.5 Å². The van der Waals surface area contributed by atoms with Crippen LogP contribution in [0, 0.1) is 0 Å². The van der Waals surface area contributed by atoms with Gasteiger partial charge in [-0.1, -0.05) is 30.1 Å². The van der Waals surface area contributed by atoms with Crippen LogP contribution in [0.2, 0.25) is 10.0 Å². The van der Waals surface area contributed by atoms with Crippen molar-refractivity contribution >= 4 is 33.2 Å². The molecular formula is C13H20Cl2N2O2S. The molecule has 0 spiro atoms. The van der Waals surface area contributed by atoms with E-state index >= 15 is 0 Å². The van der Waals surface area contributed by atoms with E-state index in [0.29, 0.717) is 17.0 Å². The van der Waals surface area contributed by atoms with E-state index in [4.69, 9.17) is 28.9 Å². The molecule has 114 valence electrons. The Morgan fingerprint density at radius 1 is 1.25 bits per heavy atom. The number of hydrogen-bond donors (Lipinski definition) is 1. The minimum absolute atomic E-state index is 0.0352. The Labute approximate surface area is 130 Å². The summed E-state index contributed by atoms with van der Waals surface area (Å²) in [7, 11) is -2.15. The van der Waals surface area contributed by atoms with Gasteiger partial charge in [0, 0.05) is 24.2 Å². The summed E-state index contributed by atoms with van der Waals surface area (Å²) in [5, 5.41) is 0.472. The Balaban J connectivity index is 3.43. The van der Waals surface area contributed by atoms with Gasteiger partial charge in [-0.05, 0) is 38.0 Å². The summed E-state index contributed by atoms with van der Waals surface area (Å²) in [5.74, 6) is 0. The zero-order valence-electron chi connectivity index (χ0n) is 12.1. The first-order chi connectivity index (χ1) is 9.07. The fourth-order valence-electron chi connectivity index (χ4n) is 1.62. The second kappa shape index (κ2) is 6.20. The fourth-order valence-corrected chi connectivity index (χ4v) is 4.05. The normalized spacial score (nSPS) is 13.0. The molecule has 0 unspecified atom stereocenters. The molecule has 1 aromatic rings. The van der Waals surface area contributed by atoms with Crippen LogP contribution >= 0.6 is 23.2 Å². The molecule has 0 radical (unpaired) electrons. The summed E-state index contributed by atoms with van der Waals surface area (Å²) in [6.45, 7) is 5.80. The lowest BCUT2D eigenvalue weighted by Crippen LogP contribution is -2.44. The van der Waals surface area contributed by atoms with Crippen LogP contribution in [-0.2, 0) is 16.6 Å². The van der Waals surface area contributed by atoms with E-state index in [9.17, 15) is 8.42 Å². The number of rotatable bonds is 5. The highest BCUT2D eigenvalue weighted by Gasteiger charge is 2.34. The minimum atomic E-state index is -3.70. The topological polar surface area (TPSA) is 63.4 Å². The van der Waals surface area contributed by atoms with Crippen LogP contribution < -0.4 is 5.73 Å². The zero-order valence-corrected chi connectivity index (χ0v) is 14.4. The van der Waals surface area contributed by atoms with E-state index < -0.39 is 15.6 Å². The van der Waals surface area contributed by atoms with Crippen molar-refractivity contribution in [3.05, 3.63) is 27.7 Å². The quantitative estimate of drug-likeness (QED) is 0.896. The molecule has 0 heterocycles. The van der Waals surface area contributed by atoms with Gasteiger partial charge in [0.05, 0.1) is 5.02 Å². The number of sulfonamides is 1. The van der Waals surface area contributed by atoms with Gasteiger partial charge in [0.1, 0.15) is 4.90 Å². The molecule has 0 aliphatic carbocycles. The molecule has 0 aromatic heterocycles. The number of hydrogen-bond acceptors (Lipinski definition) is 3. The fraction of sp³-hybridized carbons (Fsp3) is 0.538. The summed E-state index contributed by atoms with van der Waals surface area (Å²) in [4.78, 5) is 0.0352. The molecular weight excluding hydrogens is 319 g/mol. The molecule has 0 atom stereocenters. The summed E-state index contributed by atoms with van der Waals surface area (Å²) in [6.07, 6.45) is 0.678. The Kier molecular flexibility index (Phi) is 5.49. The molecule has 0 saturated heterocycles. The molecule has 7 heteroatoms. The zero-order chi connectivity index (χ0) is 15.7. The molecule has 20 heavy (non-hydrogen) atoms. The Morgan fingerprint density at radius 3 is 2.25 bits per heavy atom. The van der Waals surface area contributed by atoms with Gasteiger partial charge in [-0.2, -0.15) is 4.31 Å². The van der Waals surface area contributed by atoms with Gasteiger partial charge in [0.2, 0.25) is 10.0 Å². The van der Waals surface area contributed by atoms with Crippen molar-refractivity contribution in [3.63, 3.8) is 0 Å². The van der Waals surface area contributed by atoms with E-state index in [2.05, 4.69) is 0 Å². The number of halogens is 2. The van der Waals surface area contributed by atoms with Crippen molar-refractivity contribution in [2.75, 3.05) is 7.05 Å². The molecule has 1 aromatic carbocycles. The van der Waals surface area contributed by atoms with Crippen molar-refractivity contribution in [2.45, 2.75) is 44.2 Å². The predicted octanol–water partition coefficient (Wildman–Crippen LogP) is 3.26. The smallest absolute Gasteiger partial charge is 0.244 e. The Bertz CT molecular complexity index is 601. The van der Waals surface area contributed by atoms with Crippen LogP contribution in [0.1, 0.15) is 32.8 Å². The average molecular weight is 339 g/mol. The lowest BCUT2D eigenvalue weighted by molar-refractivity contribution is 0.257. The third-order valence-electron chi connectivity index (χ3n) is 3.68. The second-order valence-corrected chi connectivity index (χ2v) is 7.97. The van der Waals surface area contributed by atoms with Crippen LogP contribution in [0.4, 0.5) is 0 Å².